The third kappa shape index (κ3) is 3.67. The number of halogens is 1. The van der Waals surface area contributed by atoms with Crippen molar-refractivity contribution in [2.75, 3.05) is 7.11 Å². The number of amides is 2. The van der Waals surface area contributed by atoms with Gasteiger partial charge in [0.2, 0.25) is 0 Å². The van der Waals surface area contributed by atoms with Gasteiger partial charge in [-0.1, -0.05) is 40.2 Å². The molecule has 1 unspecified atom stereocenters. The Hall–Kier alpha value is -2.01. The van der Waals surface area contributed by atoms with Gasteiger partial charge in [-0.05, 0) is 42.2 Å². The minimum absolute atomic E-state index is 0.0932. The van der Waals surface area contributed by atoms with E-state index < -0.39 is 0 Å². The van der Waals surface area contributed by atoms with Gasteiger partial charge in [-0.3, -0.25) is 0 Å². The normalized spacial score (nSPS) is 15.8. The Kier molecular flexibility index (Phi) is 4.86. The number of ether oxygens (including phenoxy) is 1. The topological polar surface area (TPSA) is 50.4 Å². The van der Waals surface area contributed by atoms with E-state index >= 15 is 0 Å². The van der Waals surface area contributed by atoms with Crippen molar-refractivity contribution in [3.8, 4) is 5.75 Å². The van der Waals surface area contributed by atoms with Crippen LogP contribution >= 0.6 is 15.9 Å². The Labute approximate surface area is 144 Å². The summed E-state index contributed by atoms with van der Waals surface area (Å²) in [4.78, 5) is 12.2. The zero-order valence-electron chi connectivity index (χ0n) is 12.9. The van der Waals surface area contributed by atoms with Gasteiger partial charge in [-0.25, -0.2) is 4.79 Å². The van der Waals surface area contributed by atoms with Crippen LogP contribution in [0.1, 0.15) is 29.2 Å². The molecule has 4 nitrogen and oxygen atoms in total. The van der Waals surface area contributed by atoms with Crippen LogP contribution in [0.25, 0.3) is 0 Å². The van der Waals surface area contributed by atoms with E-state index in [4.69, 9.17) is 4.74 Å². The lowest BCUT2D eigenvalue weighted by Gasteiger charge is -2.16. The number of methoxy groups -OCH3 is 1. The number of hydrogen-bond donors (Lipinski definition) is 2. The summed E-state index contributed by atoms with van der Waals surface area (Å²) in [7, 11) is 1.63. The summed E-state index contributed by atoms with van der Waals surface area (Å²) in [5.74, 6) is 0.764. The van der Waals surface area contributed by atoms with Crippen molar-refractivity contribution < 1.29 is 9.53 Å². The molecule has 0 bridgehead atoms. The maximum atomic E-state index is 12.2. The maximum absolute atomic E-state index is 12.2. The van der Waals surface area contributed by atoms with Gasteiger partial charge >= 0.3 is 6.03 Å². The van der Waals surface area contributed by atoms with Crippen molar-refractivity contribution in [2.45, 2.75) is 25.4 Å². The molecule has 0 heterocycles. The quantitative estimate of drug-likeness (QED) is 0.851. The second kappa shape index (κ2) is 7.04. The summed E-state index contributed by atoms with van der Waals surface area (Å²) in [6, 6.07) is 14.0. The molecule has 2 aromatic carbocycles. The number of aryl methyl sites for hydroxylation is 1. The number of urea groups is 1. The molecule has 0 aliphatic heterocycles. The predicted molar refractivity (Wildman–Crippen MR) is 93.6 cm³/mol. The summed E-state index contributed by atoms with van der Waals surface area (Å²) in [6.07, 6.45) is 1.97. The molecule has 2 amide bonds. The van der Waals surface area contributed by atoms with E-state index in [1.54, 1.807) is 7.11 Å². The highest BCUT2D eigenvalue weighted by molar-refractivity contribution is 9.10. The molecule has 1 aliphatic carbocycles. The number of carbonyl (C=O) groups is 1. The number of carbonyl (C=O) groups excluding carboxylic acids is 1. The third-order valence-electron chi connectivity index (χ3n) is 4.12. The number of nitrogens with one attached hydrogen (secondary N) is 2. The Morgan fingerprint density at radius 1 is 1.30 bits per heavy atom. The molecule has 120 valence electrons. The minimum Gasteiger partial charge on any atom is -0.496 e. The summed E-state index contributed by atoms with van der Waals surface area (Å²) >= 11 is 3.44. The first-order chi connectivity index (χ1) is 11.2. The summed E-state index contributed by atoms with van der Waals surface area (Å²) in [5.41, 5.74) is 3.48. The van der Waals surface area contributed by atoms with Crippen LogP contribution in [0.2, 0.25) is 0 Å². The van der Waals surface area contributed by atoms with Crippen molar-refractivity contribution in [3.63, 3.8) is 0 Å². The largest absolute Gasteiger partial charge is 0.496 e. The smallest absolute Gasteiger partial charge is 0.315 e. The average molecular weight is 375 g/mol. The highest BCUT2D eigenvalue weighted by Crippen LogP contribution is 2.30. The molecule has 0 aromatic heterocycles. The van der Waals surface area contributed by atoms with E-state index in [2.05, 4.69) is 38.7 Å². The third-order valence-corrected chi connectivity index (χ3v) is 4.61. The van der Waals surface area contributed by atoms with Gasteiger partial charge < -0.3 is 15.4 Å². The Balaban J connectivity index is 1.60. The van der Waals surface area contributed by atoms with Crippen LogP contribution in [0.4, 0.5) is 4.79 Å². The molecule has 1 aliphatic rings. The van der Waals surface area contributed by atoms with Crippen LogP contribution in [0.15, 0.2) is 46.9 Å². The fourth-order valence-electron chi connectivity index (χ4n) is 2.98. The van der Waals surface area contributed by atoms with Crippen LogP contribution in [-0.2, 0) is 13.0 Å². The number of rotatable bonds is 4. The number of hydrogen-bond acceptors (Lipinski definition) is 2. The average Bonchev–Trinajstić information content (AvgIpc) is 2.96. The summed E-state index contributed by atoms with van der Waals surface area (Å²) in [6.45, 7) is 0.419. The zero-order valence-corrected chi connectivity index (χ0v) is 14.5. The number of benzene rings is 2. The fourth-order valence-corrected chi connectivity index (χ4v) is 3.39. The molecular weight excluding hydrogens is 356 g/mol. The monoisotopic (exact) mass is 374 g/mol. The zero-order chi connectivity index (χ0) is 16.2. The van der Waals surface area contributed by atoms with E-state index in [-0.39, 0.29) is 12.1 Å². The van der Waals surface area contributed by atoms with E-state index in [1.165, 1.54) is 11.1 Å². The van der Waals surface area contributed by atoms with E-state index in [0.717, 1.165) is 28.6 Å². The van der Waals surface area contributed by atoms with Gasteiger partial charge in [0.1, 0.15) is 5.75 Å². The molecule has 0 saturated carbocycles. The van der Waals surface area contributed by atoms with Crippen LogP contribution in [0.5, 0.6) is 5.75 Å². The van der Waals surface area contributed by atoms with Gasteiger partial charge in [0.15, 0.2) is 0 Å². The van der Waals surface area contributed by atoms with E-state index in [0.29, 0.717) is 6.54 Å². The van der Waals surface area contributed by atoms with Crippen molar-refractivity contribution in [1.82, 2.24) is 10.6 Å². The molecule has 0 fully saturated rings. The lowest BCUT2D eigenvalue weighted by Crippen LogP contribution is -2.37. The molecule has 2 aromatic rings. The fraction of sp³-hybridized carbons (Fsp3) is 0.278. The van der Waals surface area contributed by atoms with Crippen molar-refractivity contribution in [2.24, 2.45) is 0 Å². The van der Waals surface area contributed by atoms with Crippen molar-refractivity contribution >= 4 is 22.0 Å². The molecule has 0 spiro atoms. The Morgan fingerprint density at radius 2 is 2.13 bits per heavy atom. The molecule has 0 saturated heterocycles. The summed E-state index contributed by atoms with van der Waals surface area (Å²) < 4.78 is 6.28. The Bertz CT molecular complexity index is 718. The van der Waals surface area contributed by atoms with E-state index in [1.807, 2.05) is 30.3 Å². The molecule has 23 heavy (non-hydrogen) atoms. The van der Waals surface area contributed by atoms with Gasteiger partial charge in [0.25, 0.3) is 0 Å². The van der Waals surface area contributed by atoms with Crippen LogP contribution in [0.3, 0.4) is 0 Å². The van der Waals surface area contributed by atoms with Gasteiger partial charge in [0.05, 0.1) is 13.2 Å². The minimum atomic E-state index is -0.159. The predicted octanol–water partition coefficient (Wildman–Crippen LogP) is 3.94. The van der Waals surface area contributed by atoms with E-state index in [9.17, 15) is 4.79 Å². The first kappa shape index (κ1) is 15.9. The van der Waals surface area contributed by atoms with Gasteiger partial charge in [0, 0.05) is 16.6 Å². The first-order valence-electron chi connectivity index (χ1n) is 7.62. The van der Waals surface area contributed by atoms with Crippen LogP contribution in [-0.4, -0.2) is 13.1 Å². The van der Waals surface area contributed by atoms with Gasteiger partial charge in [-0.2, -0.15) is 0 Å². The second-order valence-electron chi connectivity index (χ2n) is 5.57. The Morgan fingerprint density at radius 3 is 2.96 bits per heavy atom. The lowest BCUT2D eigenvalue weighted by atomic mass is 10.1. The molecule has 1 atom stereocenters. The molecule has 2 N–H and O–H groups in total. The van der Waals surface area contributed by atoms with Gasteiger partial charge in [-0.15, -0.1) is 0 Å². The molecular formula is C18H19BrN2O2. The van der Waals surface area contributed by atoms with Crippen LogP contribution < -0.4 is 15.4 Å². The maximum Gasteiger partial charge on any atom is 0.315 e. The molecule has 3 rings (SSSR count). The van der Waals surface area contributed by atoms with Crippen LogP contribution in [0, 0.1) is 0 Å². The number of fused-ring (bicyclic) bond motifs is 1. The highest BCUT2D eigenvalue weighted by Gasteiger charge is 2.23. The second-order valence-corrected chi connectivity index (χ2v) is 6.49. The molecule has 0 radical (unpaired) electrons. The summed E-state index contributed by atoms with van der Waals surface area (Å²) in [5, 5.41) is 5.96. The standard InChI is InChI=1S/C18H19BrN2O2/c1-23-17-9-7-14(19)10-13(17)11-20-18(22)21-16-8-6-12-4-2-3-5-15(12)16/h2-5,7,9-10,16H,6,8,11H2,1H3,(H2,20,21,22). The SMILES string of the molecule is COc1ccc(Br)cc1CNC(=O)NC1CCc2ccccc21. The van der Waals surface area contributed by atoms with Crippen molar-refractivity contribution in [3.05, 3.63) is 63.6 Å². The van der Waals surface area contributed by atoms with Crippen molar-refractivity contribution in [1.29, 1.82) is 0 Å². The lowest BCUT2D eigenvalue weighted by molar-refractivity contribution is 0.236. The molecule has 5 heteroatoms. The highest BCUT2D eigenvalue weighted by atomic mass is 79.9. The first-order valence-corrected chi connectivity index (χ1v) is 8.41.